The molecule has 0 amide bonds. The molecule has 0 N–H and O–H groups in total. The topological polar surface area (TPSA) is 0 Å². The van der Waals surface area contributed by atoms with Gasteiger partial charge in [-0.1, -0.05) is 41.4 Å². The van der Waals surface area contributed by atoms with Gasteiger partial charge in [-0.3, -0.25) is 0 Å². The number of halogens is 1. The highest BCUT2D eigenvalue weighted by Crippen LogP contribution is 2.16. The number of allylic oxidation sites excluding steroid dienone is 2. The summed E-state index contributed by atoms with van der Waals surface area (Å²) >= 11 is 7.57. The van der Waals surface area contributed by atoms with E-state index < -0.39 is 0 Å². The first-order chi connectivity index (χ1) is 9.34. The molecular weight excluding hydrogens is 272 g/mol. The van der Waals surface area contributed by atoms with E-state index in [4.69, 9.17) is 11.6 Å². The minimum absolute atomic E-state index is 0.747. The molecule has 0 saturated carbocycles. The Morgan fingerprint density at radius 2 is 1.79 bits per heavy atom. The third-order valence-corrected chi connectivity index (χ3v) is 3.66. The first-order valence-electron chi connectivity index (χ1n) is 6.35. The Labute approximate surface area is 124 Å². The number of benzene rings is 1. The van der Waals surface area contributed by atoms with Crippen molar-refractivity contribution >= 4 is 23.4 Å². The van der Waals surface area contributed by atoms with Crippen LogP contribution in [0.5, 0.6) is 0 Å². The van der Waals surface area contributed by atoms with E-state index in [0.717, 1.165) is 28.5 Å². The zero-order chi connectivity index (χ0) is 13.3. The summed E-state index contributed by atoms with van der Waals surface area (Å²) in [5.74, 6) is 14.3. The van der Waals surface area contributed by atoms with Crippen molar-refractivity contribution < 1.29 is 0 Å². The van der Waals surface area contributed by atoms with E-state index in [1.165, 1.54) is 18.4 Å². The van der Waals surface area contributed by atoms with Gasteiger partial charge in [-0.2, -0.15) is 0 Å². The number of hydrogen-bond acceptors (Lipinski definition) is 1. The van der Waals surface area contributed by atoms with Gasteiger partial charge in [0, 0.05) is 10.6 Å². The van der Waals surface area contributed by atoms with Crippen LogP contribution in [0.1, 0.15) is 24.8 Å². The fourth-order valence-corrected chi connectivity index (χ4v) is 2.33. The van der Waals surface area contributed by atoms with Crippen LogP contribution in [0.3, 0.4) is 0 Å². The van der Waals surface area contributed by atoms with Gasteiger partial charge in [-0.15, -0.1) is 11.8 Å². The SMILES string of the molecule is Clc1ccc(C#CCSCC#CC2=CCCC2)cc1. The molecule has 0 nitrogen and oxygen atoms in total. The molecule has 0 spiro atoms. The minimum Gasteiger partial charge on any atom is -0.136 e. The third kappa shape index (κ3) is 5.48. The Morgan fingerprint density at radius 1 is 1.05 bits per heavy atom. The highest BCUT2D eigenvalue weighted by molar-refractivity contribution is 7.99. The van der Waals surface area contributed by atoms with Crippen molar-refractivity contribution in [3.63, 3.8) is 0 Å². The van der Waals surface area contributed by atoms with Crippen LogP contribution in [-0.2, 0) is 0 Å². The van der Waals surface area contributed by atoms with Crippen molar-refractivity contribution in [1.82, 2.24) is 0 Å². The third-order valence-electron chi connectivity index (χ3n) is 2.72. The Kier molecular flexibility index (Phi) is 5.96. The molecule has 0 fully saturated rings. The van der Waals surface area contributed by atoms with Crippen molar-refractivity contribution in [2.45, 2.75) is 19.3 Å². The minimum atomic E-state index is 0.747. The summed E-state index contributed by atoms with van der Waals surface area (Å²) in [6.45, 7) is 0. The molecule has 2 rings (SSSR count). The van der Waals surface area contributed by atoms with Crippen LogP contribution in [-0.4, -0.2) is 11.5 Å². The number of thioether (sulfide) groups is 1. The quantitative estimate of drug-likeness (QED) is 0.568. The molecule has 1 aromatic rings. The van der Waals surface area contributed by atoms with E-state index in [-0.39, 0.29) is 0 Å². The number of rotatable bonds is 2. The van der Waals surface area contributed by atoms with Crippen molar-refractivity contribution in [3.05, 3.63) is 46.5 Å². The summed E-state index contributed by atoms with van der Waals surface area (Å²) in [4.78, 5) is 0. The van der Waals surface area contributed by atoms with Crippen LogP contribution in [0.15, 0.2) is 35.9 Å². The van der Waals surface area contributed by atoms with Gasteiger partial charge in [0.05, 0.1) is 11.5 Å². The second kappa shape index (κ2) is 8.00. The predicted octanol–water partition coefficient (Wildman–Crippen LogP) is 4.54. The van der Waals surface area contributed by atoms with E-state index in [1.807, 2.05) is 24.3 Å². The molecule has 0 saturated heterocycles. The van der Waals surface area contributed by atoms with Gasteiger partial charge in [0.2, 0.25) is 0 Å². The molecule has 2 heteroatoms. The van der Waals surface area contributed by atoms with Gasteiger partial charge in [0.1, 0.15) is 0 Å². The van der Waals surface area contributed by atoms with E-state index in [1.54, 1.807) is 11.8 Å². The van der Waals surface area contributed by atoms with Crippen LogP contribution < -0.4 is 0 Å². The summed E-state index contributed by atoms with van der Waals surface area (Å²) in [6, 6.07) is 7.60. The molecule has 0 aromatic heterocycles. The lowest BCUT2D eigenvalue weighted by atomic mass is 10.2. The van der Waals surface area contributed by atoms with Crippen LogP contribution in [0, 0.1) is 23.7 Å². The van der Waals surface area contributed by atoms with Gasteiger partial charge in [-0.25, -0.2) is 0 Å². The maximum Gasteiger partial charge on any atom is 0.0560 e. The van der Waals surface area contributed by atoms with Crippen molar-refractivity contribution in [3.8, 4) is 23.7 Å². The van der Waals surface area contributed by atoms with Gasteiger partial charge in [0.25, 0.3) is 0 Å². The van der Waals surface area contributed by atoms with E-state index in [0.29, 0.717) is 0 Å². The van der Waals surface area contributed by atoms with Crippen LogP contribution >= 0.6 is 23.4 Å². The van der Waals surface area contributed by atoms with Gasteiger partial charge < -0.3 is 0 Å². The summed E-state index contributed by atoms with van der Waals surface area (Å²) in [5.41, 5.74) is 2.32. The Balaban J connectivity index is 1.68. The first-order valence-corrected chi connectivity index (χ1v) is 7.88. The molecule has 1 aliphatic carbocycles. The molecular formula is C17H15ClS. The molecule has 96 valence electrons. The van der Waals surface area contributed by atoms with Crippen LogP contribution in [0.4, 0.5) is 0 Å². The molecule has 0 bridgehead atoms. The summed E-state index contributed by atoms with van der Waals surface area (Å²) in [5, 5.41) is 0.747. The zero-order valence-electron chi connectivity index (χ0n) is 10.7. The molecule has 0 radical (unpaired) electrons. The average molecular weight is 287 g/mol. The van der Waals surface area contributed by atoms with Crippen LogP contribution in [0.2, 0.25) is 5.02 Å². The smallest absolute Gasteiger partial charge is 0.0560 e. The largest absolute Gasteiger partial charge is 0.136 e. The summed E-state index contributed by atoms with van der Waals surface area (Å²) in [6.07, 6.45) is 5.87. The van der Waals surface area contributed by atoms with Crippen molar-refractivity contribution in [1.29, 1.82) is 0 Å². The zero-order valence-corrected chi connectivity index (χ0v) is 12.3. The summed E-state index contributed by atoms with van der Waals surface area (Å²) < 4.78 is 0. The van der Waals surface area contributed by atoms with Gasteiger partial charge in [0.15, 0.2) is 0 Å². The maximum atomic E-state index is 5.81. The van der Waals surface area contributed by atoms with E-state index in [2.05, 4.69) is 29.8 Å². The molecule has 0 aliphatic heterocycles. The Hall–Kier alpha value is -1.28. The Morgan fingerprint density at radius 3 is 2.47 bits per heavy atom. The van der Waals surface area contributed by atoms with Crippen molar-refractivity contribution in [2.24, 2.45) is 0 Å². The molecule has 1 aromatic carbocycles. The average Bonchev–Trinajstić information content (AvgIpc) is 2.93. The lowest BCUT2D eigenvalue weighted by molar-refractivity contribution is 0.919. The molecule has 0 unspecified atom stereocenters. The molecule has 1 aliphatic rings. The first kappa shape index (κ1) is 14.1. The van der Waals surface area contributed by atoms with E-state index in [9.17, 15) is 0 Å². The second-order valence-corrected chi connectivity index (χ2v) is 5.65. The van der Waals surface area contributed by atoms with Gasteiger partial charge >= 0.3 is 0 Å². The standard InChI is InChI=1S/C17H15ClS/c18-17-11-9-16(10-12-17)8-4-14-19-13-3-7-15-5-1-2-6-15/h5,9-12H,1-2,6,13-14H2. The fraction of sp³-hybridized carbons (Fsp3) is 0.294. The molecule has 0 heterocycles. The molecule has 0 atom stereocenters. The summed E-state index contributed by atoms with van der Waals surface area (Å²) in [7, 11) is 0. The van der Waals surface area contributed by atoms with E-state index >= 15 is 0 Å². The molecule has 19 heavy (non-hydrogen) atoms. The lowest BCUT2D eigenvalue weighted by Crippen LogP contribution is -1.78. The number of hydrogen-bond donors (Lipinski definition) is 0. The Bertz CT molecular complexity index is 561. The fourth-order valence-electron chi connectivity index (χ4n) is 1.76. The maximum absolute atomic E-state index is 5.81. The predicted molar refractivity (Wildman–Crippen MR) is 85.4 cm³/mol. The highest BCUT2D eigenvalue weighted by atomic mass is 35.5. The highest BCUT2D eigenvalue weighted by Gasteiger charge is 1.99. The van der Waals surface area contributed by atoms with Crippen LogP contribution in [0.25, 0.3) is 0 Å². The van der Waals surface area contributed by atoms with Gasteiger partial charge in [-0.05, 0) is 49.1 Å². The second-order valence-electron chi connectivity index (χ2n) is 4.22. The lowest BCUT2D eigenvalue weighted by Gasteiger charge is -1.90. The normalized spacial score (nSPS) is 13.0. The monoisotopic (exact) mass is 286 g/mol. The van der Waals surface area contributed by atoms with Crippen molar-refractivity contribution in [2.75, 3.05) is 11.5 Å².